The van der Waals surface area contributed by atoms with E-state index in [-0.39, 0.29) is 19.3 Å². The highest BCUT2D eigenvalue weighted by molar-refractivity contribution is 6.32. The van der Waals surface area contributed by atoms with Gasteiger partial charge in [-0.3, -0.25) is 14.8 Å². The Hall–Kier alpha value is -4.13. The van der Waals surface area contributed by atoms with E-state index >= 15 is 0 Å². The summed E-state index contributed by atoms with van der Waals surface area (Å²) in [5.74, 6) is 2.18. The van der Waals surface area contributed by atoms with Gasteiger partial charge in [-0.15, -0.1) is 0 Å². The number of likely N-dealkylation sites (tertiary alicyclic amines) is 2. The van der Waals surface area contributed by atoms with E-state index in [1.165, 1.54) is 32.1 Å². The van der Waals surface area contributed by atoms with Gasteiger partial charge in [0.1, 0.15) is 36.5 Å². The number of halogens is 1. The zero-order valence-electron chi connectivity index (χ0n) is 30.6. The number of rotatable bonds is 15. The molecule has 2 aliphatic rings. The summed E-state index contributed by atoms with van der Waals surface area (Å²) in [6.07, 6.45) is 11.3. The molecule has 2 aliphatic heterocycles. The number of benzene rings is 3. The maximum absolute atomic E-state index is 9.76. The van der Waals surface area contributed by atoms with Crippen LogP contribution < -0.4 is 14.2 Å². The van der Waals surface area contributed by atoms with E-state index in [9.17, 15) is 10.4 Å². The minimum atomic E-state index is 0.234. The minimum absolute atomic E-state index is 0.234. The number of nitrogens with zero attached hydrogens (tertiary/aromatic N) is 4. The summed E-state index contributed by atoms with van der Waals surface area (Å²) in [6.45, 7) is 10.6. The Morgan fingerprint density at radius 1 is 0.827 bits per heavy atom. The quantitative estimate of drug-likeness (QED) is 0.122. The lowest BCUT2D eigenvalue weighted by Crippen LogP contribution is -2.42. The molecule has 2 fully saturated rings. The molecule has 2 saturated heterocycles. The van der Waals surface area contributed by atoms with Gasteiger partial charge in [-0.25, -0.2) is 0 Å². The molecule has 52 heavy (non-hydrogen) atoms. The van der Waals surface area contributed by atoms with Crippen molar-refractivity contribution < 1.29 is 19.3 Å². The lowest BCUT2D eigenvalue weighted by atomic mass is 9.93. The van der Waals surface area contributed by atoms with Gasteiger partial charge in [0, 0.05) is 48.7 Å². The lowest BCUT2D eigenvalue weighted by molar-refractivity contribution is 0.0851. The van der Waals surface area contributed by atoms with Crippen molar-refractivity contribution in [2.24, 2.45) is 0 Å². The molecule has 3 heterocycles. The molecule has 0 radical (unpaired) electrons. The number of pyridine rings is 1. The molecular weight excluding hydrogens is 672 g/mol. The third-order valence-corrected chi connectivity index (χ3v) is 10.8. The Balaban J connectivity index is 1.15. The lowest BCUT2D eigenvalue weighted by Gasteiger charge is -2.34. The molecule has 3 aromatic carbocycles. The fraction of sp³-hybridized carbons (Fsp3) is 0.442. The second kappa shape index (κ2) is 18.6. The summed E-state index contributed by atoms with van der Waals surface area (Å²) in [6, 6.07) is 20.7. The van der Waals surface area contributed by atoms with E-state index < -0.39 is 0 Å². The van der Waals surface area contributed by atoms with Gasteiger partial charge in [0.25, 0.3) is 0 Å². The number of hydrogen-bond acceptors (Lipinski definition) is 8. The van der Waals surface area contributed by atoms with Crippen LogP contribution in [0.1, 0.15) is 78.3 Å². The van der Waals surface area contributed by atoms with Crippen molar-refractivity contribution in [2.75, 3.05) is 39.4 Å². The van der Waals surface area contributed by atoms with Gasteiger partial charge >= 0.3 is 0 Å². The molecular formula is C43H51ClN4O4. The smallest absolute Gasteiger partial charge is 0.142 e. The van der Waals surface area contributed by atoms with Crippen molar-refractivity contribution >= 4 is 11.6 Å². The Kier molecular flexibility index (Phi) is 13.4. The topological polar surface area (TPSA) is 91.1 Å². The number of aliphatic hydroxyl groups is 1. The normalized spacial score (nSPS) is 16.7. The molecule has 274 valence electrons. The van der Waals surface area contributed by atoms with Gasteiger partial charge in [-0.05, 0) is 112 Å². The fourth-order valence-electron chi connectivity index (χ4n) is 7.45. The third-order valence-electron chi connectivity index (χ3n) is 10.5. The number of ether oxygens (including phenoxy) is 3. The van der Waals surface area contributed by atoms with Crippen LogP contribution in [0.15, 0.2) is 67.0 Å². The van der Waals surface area contributed by atoms with Crippen molar-refractivity contribution in [3.8, 4) is 34.4 Å². The van der Waals surface area contributed by atoms with Crippen molar-refractivity contribution in [2.45, 2.75) is 84.6 Å². The van der Waals surface area contributed by atoms with Gasteiger partial charge in [-0.1, -0.05) is 54.8 Å². The van der Waals surface area contributed by atoms with Gasteiger partial charge in [0.2, 0.25) is 0 Å². The van der Waals surface area contributed by atoms with Crippen LogP contribution in [0.4, 0.5) is 0 Å². The van der Waals surface area contributed by atoms with Gasteiger partial charge in [0.05, 0.1) is 23.8 Å². The second-order valence-electron chi connectivity index (χ2n) is 14.1. The predicted molar refractivity (Wildman–Crippen MR) is 206 cm³/mol. The van der Waals surface area contributed by atoms with Crippen LogP contribution in [0.25, 0.3) is 11.1 Å². The van der Waals surface area contributed by atoms with Crippen molar-refractivity contribution in [3.05, 3.63) is 105 Å². The van der Waals surface area contributed by atoms with Crippen LogP contribution in [0.3, 0.4) is 0 Å². The molecule has 0 bridgehead atoms. The molecule has 8 nitrogen and oxygen atoms in total. The number of aromatic nitrogens is 1. The minimum Gasteiger partial charge on any atom is -0.493 e. The van der Waals surface area contributed by atoms with Crippen LogP contribution >= 0.6 is 11.6 Å². The van der Waals surface area contributed by atoms with Crippen LogP contribution in [0.5, 0.6) is 17.2 Å². The van der Waals surface area contributed by atoms with E-state index in [0.29, 0.717) is 29.5 Å². The van der Waals surface area contributed by atoms with Gasteiger partial charge < -0.3 is 19.3 Å². The zero-order chi connectivity index (χ0) is 36.3. The largest absolute Gasteiger partial charge is 0.493 e. The number of nitriles is 1. The molecule has 6 rings (SSSR count). The Bertz CT molecular complexity index is 1840. The monoisotopic (exact) mass is 722 g/mol. The molecule has 1 atom stereocenters. The van der Waals surface area contributed by atoms with Crippen LogP contribution in [0.2, 0.25) is 5.02 Å². The van der Waals surface area contributed by atoms with Crippen LogP contribution in [-0.4, -0.2) is 65.3 Å². The average molecular weight is 723 g/mol. The van der Waals surface area contributed by atoms with E-state index in [0.717, 1.165) is 96.0 Å². The van der Waals surface area contributed by atoms with Crippen molar-refractivity contribution in [1.82, 2.24) is 14.8 Å². The summed E-state index contributed by atoms with van der Waals surface area (Å²) in [7, 11) is 0. The number of hydrogen-bond donors (Lipinski definition) is 1. The first kappa shape index (κ1) is 37.6. The maximum Gasteiger partial charge on any atom is 0.142 e. The first-order valence-corrected chi connectivity index (χ1v) is 19.1. The number of piperidine rings is 2. The Morgan fingerprint density at radius 2 is 1.60 bits per heavy atom. The van der Waals surface area contributed by atoms with E-state index in [1.807, 2.05) is 18.2 Å². The highest BCUT2D eigenvalue weighted by atomic mass is 35.5. The van der Waals surface area contributed by atoms with E-state index in [4.69, 9.17) is 25.8 Å². The standard InChI is InChI=1S/C43H51ClN4O4/c1-31-35(11-8-13-38(31)39-14-9-15-41(32(39)2)50-20-10-19-48-18-7-4-12-37(48)28-49)30-52-43-23-42(51-29-34-21-33(24-45)25-46-26-34)36(22-40(43)44)27-47-16-5-3-6-17-47/h8-9,11,13-15,21-23,25-26,37,49H,3-7,10,12,16-20,27-30H2,1-2H3. The van der Waals surface area contributed by atoms with Crippen molar-refractivity contribution in [3.63, 3.8) is 0 Å². The molecule has 0 spiro atoms. The molecule has 0 aliphatic carbocycles. The van der Waals surface area contributed by atoms with Gasteiger partial charge in [-0.2, -0.15) is 5.26 Å². The highest BCUT2D eigenvalue weighted by Crippen LogP contribution is 2.37. The summed E-state index contributed by atoms with van der Waals surface area (Å²) in [5, 5.41) is 19.6. The molecule has 1 aromatic heterocycles. The summed E-state index contributed by atoms with van der Waals surface area (Å²) in [5.41, 5.74) is 7.94. The molecule has 0 saturated carbocycles. The highest BCUT2D eigenvalue weighted by Gasteiger charge is 2.21. The first-order valence-electron chi connectivity index (χ1n) is 18.7. The van der Waals surface area contributed by atoms with Gasteiger partial charge in [0.15, 0.2) is 0 Å². The van der Waals surface area contributed by atoms with E-state index in [1.54, 1.807) is 18.5 Å². The average Bonchev–Trinajstić information content (AvgIpc) is 3.17. The number of aliphatic hydroxyl groups excluding tert-OH is 1. The second-order valence-corrected chi connectivity index (χ2v) is 14.5. The fourth-order valence-corrected chi connectivity index (χ4v) is 7.69. The molecule has 4 aromatic rings. The third kappa shape index (κ3) is 9.64. The van der Waals surface area contributed by atoms with Crippen molar-refractivity contribution in [1.29, 1.82) is 5.26 Å². The molecule has 9 heteroatoms. The van der Waals surface area contributed by atoms with Crippen LogP contribution in [0, 0.1) is 25.2 Å². The summed E-state index contributed by atoms with van der Waals surface area (Å²) < 4.78 is 19.1. The zero-order valence-corrected chi connectivity index (χ0v) is 31.3. The summed E-state index contributed by atoms with van der Waals surface area (Å²) in [4.78, 5) is 9.05. The molecule has 1 unspecified atom stereocenters. The first-order chi connectivity index (χ1) is 25.4. The SMILES string of the molecule is Cc1c(COc2cc(OCc3cncc(C#N)c3)c(CN3CCCCC3)cc2Cl)cccc1-c1cccc(OCCCN2CCCCC2CO)c1C. The predicted octanol–water partition coefficient (Wildman–Crippen LogP) is 8.65. The Morgan fingerprint density at radius 3 is 2.40 bits per heavy atom. The molecule has 0 amide bonds. The summed E-state index contributed by atoms with van der Waals surface area (Å²) >= 11 is 6.89. The maximum atomic E-state index is 9.76. The Labute approximate surface area is 313 Å². The molecule has 1 N–H and O–H groups in total. The van der Waals surface area contributed by atoms with E-state index in [2.05, 4.69) is 65.0 Å². The van der Waals surface area contributed by atoms with Crippen LogP contribution in [-0.2, 0) is 19.8 Å².